The van der Waals surface area contributed by atoms with Gasteiger partial charge >= 0.3 is 0 Å². The first-order valence-electron chi connectivity index (χ1n) is 6.84. The first-order valence-corrected chi connectivity index (χ1v) is 6.84. The molecule has 0 aliphatic rings. The molecule has 0 saturated carbocycles. The molecule has 0 spiro atoms. The standard InChI is InChI=1S/C15H27N3O/c1-15(2,3)17-12-13-11-14(7-8-16-13)19-10-6-9-18(4)5/h7-8,11,17H,6,9-10,12H2,1-5H3. The summed E-state index contributed by atoms with van der Waals surface area (Å²) in [7, 11) is 4.14. The number of hydrogen-bond donors (Lipinski definition) is 1. The molecule has 1 rings (SSSR count). The number of aromatic nitrogens is 1. The monoisotopic (exact) mass is 265 g/mol. The predicted molar refractivity (Wildman–Crippen MR) is 79.5 cm³/mol. The molecule has 0 unspecified atom stereocenters. The van der Waals surface area contributed by atoms with Crippen molar-refractivity contribution in [3.05, 3.63) is 24.0 Å². The van der Waals surface area contributed by atoms with Crippen LogP contribution in [-0.2, 0) is 6.54 Å². The van der Waals surface area contributed by atoms with Gasteiger partial charge in [0.05, 0.1) is 12.3 Å². The Morgan fingerprint density at radius 3 is 2.68 bits per heavy atom. The topological polar surface area (TPSA) is 37.4 Å². The van der Waals surface area contributed by atoms with Crippen molar-refractivity contribution in [2.45, 2.75) is 39.3 Å². The summed E-state index contributed by atoms with van der Waals surface area (Å²) in [5.41, 5.74) is 1.12. The van der Waals surface area contributed by atoms with E-state index in [9.17, 15) is 0 Å². The van der Waals surface area contributed by atoms with E-state index in [1.165, 1.54) is 0 Å². The van der Waals surface area contributed by atoms with E-state index in [1.807, 2.05) is 12.1 Å². The van der Waals surface area contributed by atoms with Crippen molar-refractivity contribution in [1.82, 2.24) is 15.2 Å². The lowest BCUT2D eigenvalue weighted by Gasteiger charge is -2.20. The van der Waals surface area contributed by atoms with Crippen molar-refractivity contribution in [3.63, 3.8) is 0 Å². The van der Waals surface area contributed by atoms with Crippen LogP contribution in [-0.4, -0.2) is 42.7 Å². The molecule has 0 aromatic carbocycles. The van der Waals surface area contributed by atoms with Crippen molar-refractivity contribution in [2.24, 2.45) is 0 Å². The molecule has 0 aliphatic carbocycles. The van der Waals surface area contributed by atoms with E-state index in [0.717, 1.165) is 37.6 Å². The summed E-state index contributed by atoms with van der Waals surface area (Å²) in [6.07, 6.45) is 2.84. The van der Waals surface area contributed by atoms with Crippen molar-refractivity contribution in [2.75, 3.05) is 27.2 Å². The molecule has 1 aromatic heterocycles. The molecule has 4 heteroatoms. The highest BCUT2D eigenvalue weighted by Gasteiger charge is 2.09. The third kappa shape index (κ3) is 7.80. The molecule has 0 bridgehead atoms. The van der Waals surface area contributed by atoms with Crippen LogP contribution in [0.5, 0.6) is 5.75 Å². The van der Waals surface area contributed by atoms with Gasteiger partial charge in [-0.05, 0) is 47.4 Å². The Labute approximate surface area is 117 Å². The number of nitrogens with one attached hydrogen (secondary N) is 1. The number of rotatable bonds is 7. The lowest BCUT2D eigenvalue weighted by Crippen LogP contribution is -2.35. The van der Waals surface area contributed by atoms with Gasteiger partial charge < -0.3 is 15.0 Å². The highest BCUT2D eigenvalue weighted by Crippen LogP contribution is 2.12. The van der Waals surface area contributed by atoms with E-state index in [0.29, 0.717) is 0 Å². The molecule has 0 atom stereocenters. The van der Waals surface area contributed by atoms with Gasteiger partial charge in [-0.25, -0.2) is 0 Å². The van der Waals surface area contributed by atoms with Crippen LogP contribution in [0.1, 0.15) is 32.9 Å². The zero-order valence-corrected chi connectivity index (χ0v) is 12.9. The summed E-state index contributed by atoms with van der Waals surface area (Å²) in [5, 5.41) is 3.42. The van der Waals surface area contributed by atoms with Crippen LogP contribution in [0.2, 0.25) is 0 Å². The van der Waals surface area contributed by atoms with Crippen LogP contribution < -0.4 is 10.1 Å². The number of ether oxygens (including phenoxy) is 1. The average molecular weight is 265 g/mol. The fraction of sp³-hybridized carbons (Fsp3) is 0.667. The van der Waals surface area contributed by atoms with E-state index < -0.39 is 0 Å². The zero-order chi connectivity index (χ0) is 14.3. The summed E-state index contributed by atoms with van der Waals surface area (Å²) < 4.78 is 5.73. The highest BCUT2D eigenvalue weighted by atomic mass is 16.5. The average Bonchev–Trinajstić information content (AvgIpc) is 2.32. The third-order valence-electron chi connectivity index (χ3n) is 2.61. The molecule has 19 heavy (non-hydrogen) atoms. The van der Waals surface area contributed by atoms with Gasteiger partial charge in [-0.3, -0.25) is 4.98 Å². The van der Waals surface area contributed by atoms with Gasteiger partial charge in [-0.15, -0.1) is 0 Å². The van der Waals surface area contributed by atoms with E-state index in [-0.39, 0.29) is 5.54 Å². The molecule has 0 saturated heterocycles. The normalized spacial score (nSPS) is 11.9. The second-order valence-corrected chi connectivity index (χ2v) is 6.09. The Morgan fingerprint density at radius 1 is 1.32 bits per heavy atom. The molecule has 1 N–H and O–H groups in total. The van der Waals surface area contributed by atoms with Gasteiger partial charge in [0.15, 0.2) is 0 Å². The van der Waals surface area contributed by atoms with Crippen molar-refractivity contribution in [1.29, 1.82) is 0 Å². The lowest BCUT2D eigenvalue weighted by molar-refractivity contribution is 0.281. The van der Waals surface area contributed by atoms with Gasteiger partial charge in [0, 0.05) is 30.9 Å². The fourth-order valence-electron chi connectivity index (χ4n) is 1.57. The maximum Gasteiger partial charge on any atom is 0.122 e. The lowest BCUT2D eigenvalue weighted by atomic mass is 10.1. The third-order valence-corrected chi connectivity index (χ3v) is 2.61. The molecule has 1 aromatic rings. The largest absolute Gasteiger partial charge is 0.493 e. The molecule has 4 nitrogen and oxygen atoms in total. The second kappa shape index (κ2) is 7.46. The molecule has 0 fully saturated rings. The Morgan fingerprint density at radius 2 is 2.05 bits per heavy atom. The predicted octanol–water partition coefficient (Wildman–Crippen LogP) is 2.30. The number of hydrogen-bond acceptors (Lipinski definition) is 4. The molecule has 1 heterocycles. The Bertz CT molecular complexity index is 372. The van der Waals surface area contributed by atoms with Crippen molar-refractivity contribution in [3.8, 4) is 5.75 Å². The minimum Gasteiger partial charge on any atom is -0.493 e. The first kappa shape index (κ1) is 15.9. The van der Waals surface area contributed by atoms with Crippen LogP contribution in [0.3, 0.4) is 0 Å². The molecule has 0 aliphatic heterocycles. The number of pyridine rings is 1. The molecule has 0 radical (unpaired) electrons. The van der Waals surface area contributed by atoms with Crippen LogP contribution in [0.15, 0.2) is 18.3 Å². The van der Waals surface area contributed by atoms with Crippen molar-refractivity contribution < 1.29 is 4.74 Å². The van der Waals surface area contributed by atoms with Gasteiger partial charge in [-0.2, -0.15) is 0 Å². The molecule has 0 amide bonds. The van der Waals surface area contributed by atoms with Crippen LogP contribution >= 0.6 is 0 Å². The first-order chi connectivity index (χ1) is 8.87. The van der Waals surface area contributed by atoms with Gasteiger partial charge in [-0.1, -0.05) is 0 Å². The summed E-state index contributed by atoms with van der Waals surface area (Å²) in [5.74, 6) is 0.902. The Kier molecular flexibility index (Phi) is 6.25. The maximum absolute atomic E-state index is 5.73. The molecular weight excluding hydrogens is 238 g/mol. The van der Waals surface area contributed by atoms with E-state index in [4.69, 9.17) is 4.74 Å². The van der Waals surface area contributed by atoms with Gasteiger partial charge in [0.2, 0.25) is 0 Å². The van der Waals surface area contributed by atoms with Crippen LogP contribution in [0.4, 0.5) is 0 Å². The van der Waals surface area contributed by atoms with E-state index in [2.05, 4.69) is 50.1 Å². The molecular formula is C15H27N3O. The van der Waals surface area contributed by atoms with Crippen LogP contribution in [0, 0.1) is 0 Å². The summed E-state index contributed by atoms with van der Waals surface area (Å²) >= 11 is 0. The summed E-state index contributed by atoms with van der Waals surface area (Å²) in [6, 6.07) is 3.92. The van der Waals surface area contributed by atoms with Gasteiger partial charge in [0.1, 0.15) is 5.75 Å². The number of nitrogens with zero attached hydrogens (tertiary/aromatic N) is 2. The quantitative estimate of drug-likeness (QED) is 0.768. The van der Waals surface area contributed by atoms with Gasteiger partial charge in [0.25, 0.3) is 0 Å². The molecule has 108 valence electrons. The summed E-state index contributed by atoms with van der Waals surface area (Å²) in [4.78, 5) is 6.51. The smallest absolute Gasteiger partial charge is 0.122 e. The fourth-order valence-corrected chi connectivity index (χ4v) is 1.57. The summed E-state index contributed by atoms with van der Waals surface area (Å²) in [6.45, 7) is 8.99. The van der Waals surface area contributed by atoms with Crippen LogP contribution in [0.25, 0.3) is 0 Å². The Hall–Kier alpha value is -1.13. The maximum atomic E-state index is 5.73. The second-order valence-electron chi connectivity index (χ2n) is 6.09. The Balaban J connectivity index is 2.39. The zero-order valence-electron chi connectivity index (χ0n) is 12.9. The van der Waals surface area contributed by atoms with E-state index >= 15 is 0 Å². The van der Waals surface area contributed by atoms with Crippen molar-refractivity contribution >= 4 is 0 Å². The van der Waals surface area contributed by atoms with E-state index in [1.54, 1.807) is 6.20 Å². The highest BCUT2D eigenvalue weighted by molar-refractivity contribution is 5.22. The minimum atomic E-state index is 0.101. The SMILES string of the molecule is CN(C)CCCOc1ccnc(CNC(C)(C)C)c1. The minimum absolute atomic E-state index is 0.101.